The van der Waals surface area contributed by atoms with Crippen molar-refractivity contribution in [3.8, 4) is 0 Å². The summed E-state index contributed by atoms with van der Waals surface area (Å²) in [6.45, 7) is 8.01. The molecule has 122 valence electrons. The summed E-state index contributed by atoms with van der Waals surface area (Å²) >= 11 is 0. The van der Waals surface area contributed by atoms with Gasteiger partial charge in [-0.3, -0.25) is 9.69 Å². The van der Waals surface area contributed by atoms with E-state index in [0.717, 1.165) is 57.9 Å². The van der Waals surface area contributed by atoms with Crippen LogP contribution in [-0.2, 0) is 4.74 Å². The zero-order valence-electron chi connectivity index (χ0n) is 13.3. The van der Waals surface area contributed by atoms with E-state index in [1.54, 1.807) is 12.3 Å². The van der Waals surface area contributed by atoms with Gasteiger partial charge in [-0.25, -0.2) is 4.98 Å². The predicted octanol–water partition coefficient (Wildman–Crippen LogP) is 1.36. The summed E-state index contributed by atoms with van der Waals surface area (Å²) in [5.74, 6) is -0.117. The number of pyridine rings is 1. The lowest BCUT2D eigenvalue weighted by Crippen LogP contribution is -2.41. The number of nitrogens with zero attached hydrogens (tertiary/aromatic N) is 2. The molecule has 0 aliphatic carbocycles. The monoisotopic (exact) mass is 306 g/mol. The van der Waals surface area contributed by atoms with Crippen molar-refractivity contribution in [2.75, 3.05) is 51.3 Å². The third kappa shape index (κ3) is 5.61. The molecule has 0 bridgehead atoms. The molecular weight excluding hydrogens is 280 g/mol. The molecular formula is C16H26N4O2. The molecule has 6 heteroatoms. The first-order valence-electron chi connectivity index (χ1n) is 8.08. The van der Waals surface area contributed by atoms with E-state index in [4.69, 9.17) is 4.74 Å². The molecule has 2 N–H and O–H groups in total. The quantitative estimate of drug-likeness (QED) is 0.710. The van der Waals surface area contributed by atoms with Gasteiger partial charge in [0.15, 0.2) is 0 Å². The molecule has 0 spiro atoms. The molecule has 1 aliphatic rings. The van der Waals surface area contributed by atoms with Gasteiger partial charge in [0.1, 0.15) is 5.69 Å². The van der Waals surface area contributed by atoms with Crippen molar-refractivity contribution in [1.29, 1.82) is 0 Å². The highest BCUT2D eigenvalue weighted by molar-refractivity contribution is 5.92. The van der Waals surface area contributed by atoms with Crippen molar-refractivity contribution >= 4 is 11.6 Å². The average molecular weight is 306 g/mol. The molecule has 6 nitrogen and oxygen atoms in total. The van der Waals surface area contributed by atoms with Gasteiger partial charge < -0.3 is 15.4 Å². The number of ether oxygens (including phenoxy) is 1. The van der Waals surface area contributed by atoms with Crippen LogP contribution in [0.2, 0.25) is 0 Å². The fourth-order valence-corrected chi connectivity index (χ4v) is 2.29. The van der Waals surface area contributed by atoms with Gasteiger partial charge in [-0.05, 0) is 18.6 Å². The Morgan fingerprint density at radius 3 is 2.82 bits per heavy atom. The Hall–Kier alpha value is -1.66. The Balaban J connectivity index is 1.70. The molecule has 1 aliphatic heterocycles. The molecule has 0 radical (unpaired) electrons. The highest BCUT2D eigenvalue weighted by Gasteiger charge is 2.11. The molecule has 22 heavy (non-hydrogen) atoms. The number of rotatable bonds is 8. The van der Waals surface area contributed by atoms with Crippen molar-refractivity contribution in [1.82, 2.24) is 15.2 Å². The first-order chi connectivity index (χ1) is 10.8. The number of aromatic nitrogens is 1. The fourth-order valence-electron chi connectivity index (χ4n) is 2.29. The van der Waals surface area contributed by atoms with Gasteiger partial charge in [0.25, 0.3) is 5.91 Å². The summed E-state index contributed by atoms with van der Waals surface area (Å²) in [5.41, 5.74) is 1.42. The van der Waals surface area contributed by atoms with Crippen LogP contribution >= 0.6 is 0 Å². The molecule has 0 aromatic carbocycles. The van der Waals surface area contributed by atoms with Gasteiger partial charge in [0, 0.05) is 32.7 Å². The Morgan fingerprint density at radius 2 is 2.14 bits per heavy atom. The number of nitrogens with one attached hydrogen (secondary N) is 2. The lowest BCUT2D eigenvalue weighted by atomic mass is 10.3. The fraction of sp³-hybridized carbons (Fsp3) is 0.625. The topological polar surface area (TPSA) is 66.5 Å². The average Bonchev–Trinajstić information content (AvgIpc) is 2.56. The van der Waals surface area contributed by atoms with Crippen LogP contribution < -0.4 is 10.6 Å². The number of carbonyl (C=O) groups excluding carboxylic acids is 1. The molecule has 2 heterocycles. The second kappa shape index (κ2) is 9.38. The van der Waals surface area contributed by atoms with Crippen LogP contribution in [0.3, 0.4) is 0 Å². The van der Waals surface area contributed by atoms with Gasteiger partial charge in [0.05, 0.1) is 25.1 Å². The van der Waals surface area contributed by atoms with Crippen molar-refractivity contribution < 1.29 is 9.53 Å². The van der Waals surface area contributed by atoms with E-state index < -0.39 is 0 Å². The molecule has 2 rings (SSSR count). The van der Waals surface area contributed by atoms with Crippen LogP contribution in [-0.4, -0.2) is 61.7 Å². The van der Waals surface area contributed by atoms with E-state index >= 15 is 0 Å². The Morgan fingerprint density at radius 1 is 1.32 bits per heavy atom. The van der Waals surface area contributed by atoms with Crippen molar-refractivity contribution in [2.24, 2.45) is 0 Å². The first-order valence-corrected chi connectivity index (χ1v) is 8.08. The third-order valence-electron chi connectivity index (χ3n) is 3.67. The standard InChI is InChI=1S/C16H26N4O2/c1-2-3-6-17-14-4-5-15(19-13-14)16(21)18-7-8-20-9-11-22-12-10-20/h4-5,13,17H,2-3,6-12H2,1H3,(H,18,21). The van der Waals surface area contributed by atoms with Gasteiger partial charge in [-0.2, -0.15) is 0 Å². The largest absolute Gasteiger partial charge is 0.384 e. The van der Waals surface area contributed by atoms with E-state index in [1.807, 2.05) is 6.07 Å². The summed E-state index contributed by atoms with van der Waals surface area (Å²) in [6, 6.07) is 3.66. The maximum Gasteiger partial charge on any atom is 0.269 e. The van der Waals surface area contributed by atoms with E-state index in [2.05, 4.69) is 27.4 Å². The number of anilines is 1. The van der Waals surface area contributed by atoms with Gasteiger partial charge in [-0.1, -0.05) is 13.3 Å². The van der Waals surface area contributed by atoms with Crippen LogP contribution in [0.1, 0.15) is 30.3 Å². The molecule has 1 aromatic rings. The lowest BCUT2D eigenvalue weighted by Gasteiger charge is -2.26. The first kappa shape index (κ1) is 16.7. The number of carbonyl (C=O) groups is 1. The smallest absolute Gasteiger partial charge is 0.269 e. The van der Waals surface area contributed by atoms with Gasteiger partial charge >= 0.3 is 0 Å². The van der Waals surface area contributed by atoms with Gasteiger partial charge in [-0.15, -0.1) is 0 Å². The minimum Gasteiger partial charge on any atom is -0.384 e. The van der Waals surface area contributed by atoms with Crippen LogP contribution in [0.25, 0.3) is 0 Å². The zero-order chi connectivity index (χ0) is 15.6. The van der Waals surface area contributed by atoms with E-state index in [0.29, 0.717) is 12.2 Å². The highest BCUT2D eigenvalue weighted by Crippen LogP contribution is 2.06. The molecule has 0 atom stereocenters. The molecule has 1 saturated heterocycles. The number of hydrogen-bond acceptors (Lipinski definition) is 5. The molecule has 0 unspecified atom stereocenters. The molecule has 1 aromatic heterocycles. The van der Waals surface area contributed by atoms with E-state index in [9.17, 15) is 4.79 Å². The van der Waals surface area contributed by atoms with E-state index in [1.165, 1.54) is 0 Å². The second-order valence-corrected chi connectivity index (χ2v) is 5.42. The molecule has 0 saturated carbocycles. The Bertz CT molecular complexity index is 444. The molecule has 1 amide bonds. The number of hydrogen-bond donors (Lipinski definition) is 2. The summed E-state index contributed by atoms with van der Waals surface area (Å²) in [7, 11) is 0. The normalized spacial score (nSPS) is 15.5. The summed E-state index contributed by atoms with van der Waals surface area (Å²) in [6.07, 6.45) is 4.00. The maximum atomic E-state index is 12.0. The Labute approximate surface area is 132 Å². The summed E-state index contributed by atoms with van der Waals surface area (Å²) in [5, 5.41) is 6.20. The minimum atomic E-state index is -0.117. The number of unbranched alkanes of at least 4 members (excludes halogenated alkanes) is 1. The summed E-state index contributed by atoms with van der Waals surface area (Å²) in [4.78, 5) is 18.5. The molecule has 1 fully saturated rings. The third-order valence-corrected chi connectivity index (χ3v) is 3.67. The van der Waals surface area contributed by atoms with Crippen molar-refractivity contribution in [3.63, 3.8) is 0 Å². The van der Waals surface area contributed by atoms with Crippen LogP contribution in [0.15, 0.2) is 18.3 Å². The minimum absolute atomic E-state index is 0.117. The number of morpholine rings is 1. The number of amides is 1. The van der Waals surface area contributed by atoms with E-state index in [-0.39, 0.29) is 5.91 Å². The highest BCUT2D eigenvalue weighted by atomic mass is 16.5. The van der Waals surface area contributed by atoms with Crippen molar-refractivity contribution in [2.45, 2.75) is 19.8 Å². The second-order valence-electron chi connectivity index (χ2n) is 5.42. The van der Waals surface area contributed by atoms with Crippen LogP contribution in [0, 0.1) is 0 Å². The Kier molecular flexibility index (Phi) is 7.12. The zero-order valence-corrected chi connectivity index (χ0v) is 13.3. The van der Waals surface area contributed by atoms with Crippen molar-refractivity contribution in [3.05, 3.63) is 24.0 Å². The van der Waals surface area contributed by atoms with Gasteiger partial charge in [0.2, 0.25) is 0 Å². The summed E-state index contributed by atoms with van der Waals surface area (Å²) < 4.78 is 5.30. The SMILES string of the molecule is CCCCNc1ccc(C(=O)NCCN2CCOCC2)nc1. The predicted molar refractivity (Wildman–Crippen MR) is 87.2 cm³/mol. The van der Waals surface area contributed by atoms with Crippen LogP contribution in [0.5, 0.6) is 0 Å². The lowest BCUT2D eigenvalue weighted by molar-refractivity contribution is 0.0383. The maximum absolute atomic E-state index is 12.0. The van der Waals surface area contributed by atoms with Crippen LogP contribution in [0.4, 0.5) is 5.69 Å².